The van der Waals surface area contributed by atoms with Crippen molar-refractivity contribution in [1.29, 1.82) is 0 Å². The number of nitrogens with zero attached hydrogens (tertiary/aromatic N) is 2. The third-order valence-corrected chi connectivity index (χ3v) is 2.54. The molecule has 0 fully saturated rings. The highest BCUT2D eigenvalue weighted by Crippen LogP contribution is 2.24. The smallest absolute Gasteiger partial charge is 0.340 e. The molecule has 2 aromatic rings. The number of ether oxygens (including phenoxy) is 1. The maximum absolute atomic E-state index is 11.6. The fraction of sp³-hybridized carbons (Fsp3) is 0.182. The van der Waals surface area contributed by atoms with Crippen LogP contribution in [0.15, 0.2) is 18.5 Å². The van der Waals surface area contributed by atoms with Gasteiger partial charge in [-0.2, -0.15) is 0 Å². The van der Waals surface area contributed by atoms with Crippen LogP contribution in [0.2, 0.25) is 5.15 Å². The predicted molar refractivity (Wildman–Crippen MR) is 60.6 cm³/mol. The Morgan fingerprint density at radius 2 is 2.12 bits per heavy atom. The Kier molecular flexibility index (Phi) is 2.75. The number of hydrogen-bond acceptors (Lipinski definition) is 4. The maximum Gasteiger partial charge on any atom is 0.340 e. The molecule has 1 aromatic heterocycles. The van der Waals surface area contributed by atoms with Crippen LogP contribution in [-0.2, 0) is 4.74 Å². The summed E-state index contributed by atoms with van der Waals surface area (Å²) in [7, 11) is 1.33. The quantitative estimate of drug-likeness (QED) is 0.564. The van der Waals surface area contributed by atoms with Gasteiger partial charge >= 0.3 is 5.97 Å². The highest BCUT2D eigenvalue weighted by molar-refractivity contribution is 6.34. The van der Waals surface area contributed by atoms with E-state index in [1.165, 1.54) is 13.4 Å². The molecule has 2 rings (SSSR count). The van der Waals surface area contributed by atoms with E-state index >= 15 is 0 Å². The number of fused-ring (bicyclic) bond motifs is 1. The first-order valence-electron chi connectivity index (χ1n) is 4.62. The van der Waals surface area contributed by atoms with E-state index in [1.54, 1.807) is 6.07 Å². The van der Waals surface area contributed by atoms with Gasteiger partial charge in [-0.1, -0.05) is 11.6 Å². The highest BCUT2D eigenvalue weighted by Gasteiger charge is 2.14. The molecule has 0 saturated carbocycles. The number of carbonyl (C=O) groups excluding carboxylic acids is 1. The lowest BCUT2D eigenvalue weighted by Gasteiger charge is -2.06. The van der Waals surface area contributed by atoms with Crippen LogP contribution in [0.25, 0.3) is 10.9 Å². The molecular formula is C11H9ClN2O2. The Morgan fingerprint density at radius 1 is 1.38 bits per heavy atom. The molecule has 16 heavy (non-hydrogen) atoms. The minimum absolute atomic E-state index is 0.332. The van der Waals surface area contributed by atoms with Gasteiger partial charge in [-0.05, 0) is 24.6 Å². The molecule has 5 heteroatoms. The van der Waals surface area contributed by atoms with Crippen molar-refractivity contribution in [2.75, 3.05) is 7.11 Å². The standard InChI is InChI=1S/C11H9ClN2O2/c1-6-3-7-9(13-5-14-10(7)12)8(4-6)11(15)16-2/h3-5H,1-2H3. The molecule has 0 radical (unpaired) electrons. The van der Waals surface area contributed by atoms with E-state index in [4.69, 9.17) is 16.3 Å². The summed E-state index contributed by atoms with van der Waals surface area (Å²) in [6.07, 6.45) is 1.33. The van der Waals surface area contributed by atoms with E-state index < -0.39 is 5.97 Å². The molecule has 1 aromatic carbocycles. The lowest BCUT2D eigenvalue weighted by molar-refractivity contribution is 0.0602. The van der Waals surface area contributed by atoms with Gasteiger partial charge in [0.25, 0.3) is 0 Å². The molecule has 4 nitrogen and oxygen atoms in total. The largest absolute Gasteiger partial charge is 0.465 e. The Bertz CT molecular complexity index is 569. The molecule has 0 amide bonds. The van der Waals surface area contributed by atoms with Gasteiger partial charge in [0.1, 0.15) is 11.5 Å². The highest BCUT2D eigenvalue weighted by atomic mass is 35.5. The van der Waals surface area contributed by atoms with Gasteiger partial charge in [-0.25, -0.2) is 14.8 Å². The van der Waals surface area contributed by atoms with Crippen molar-refractivity contribution in [3.8, 4) is 0 Å². The molecule has 82 valence electrons. The lowest BCUT2D eigenvalue weighted by Crippen LogP contribution is -2.04. The van der Waals surface area contributed by atoms with Gasteiger partial charge < -0.3 is 4.74 Å². The zero-order valence-electron chi connectivity index (χ0n) is 8.82. The first kappa shape index (κ1) is 10.8. The summed E-state index contributed by atoms with van der Waals surface area (Å²) < 4.78 is 4.70. The van der Waals surface area contributed by atoms with Gasteiger partial charge in [0.05, 0.1) is 18.2 Å². The van der Waals surface area contributed by atoms with Gasteiger partial charge in [0.15, 0.2) is 0 Å². The van der Waals surface area contributed by atoms with E-state index in [2.05, 4.69) is 9.97 Å². The number of carbonyl (C=O) groups is 1. The molecule has 0 aliphatic heterocycles. The monoisotopic (exact) mass is 236 g/mol. The average molecular weight is 237 g/mol. The van der Waals surface area contributed by atoms with Crippen molar-refractivity contribution >= 4 is 28.5 Å². The third-order valence-electron chi connectivity index (χ3n) is 2.24. The molecule has 0 unspecified atom stereocenters. The summed E-state index contributed by atoms with van der Waals surface area (Å²) in [6.45, 7) is 1.87. The number of hydrogen-bond donors (Lipinski definition) is 0. The fourth-order valence-electron chi connectivity index (χ4n) is 1.55. The van der Waals surface area contributed by atoms with Crippen LogP contribution in [0.5, 0.6) is 0 Å². The number of methoxy groups -OCH3 is 1. The molecular weight excluding hydrogens is 228 g/mol. The molecule has 1 heterocycles. The van der Waals surface area contributed by atoms with Crippen molar-refractivity contribution in [2.24, 2.45) is 0 Å². The predicted octanol–water partition coefficient (Wildman–Crippen LogP) is 2.38. The summed E-state index contributed by atoms with van der Waals surface area (Å²) in [5.41, 5.74) is 1.82. The van der Waals surface area contributed by atoms with Crippen molar-refractivity contribution in [3.05, 3.63) is 34.7 Å². The summed E-state index contributed by atoms with van der Waals surface area (Å²) >= 11 is 5.95. The van der Waals surface area contributed by atoms with Crippen LogP contribution in [0.3, 0.4) is 0 Å². The Balaban J connectivity index is 2.83. The second-order valence-electron chi connectivity index (χ2n) is 3.36. The van der Waals surface area contributed by atoms with Crippen LogP contribution in [0.4, 0.5) is 0 Å². The van der Waals surface area contributed by atoms with E-state index in [1.807, 2.05) is 13.0 Å². The van der Waals surface area contributed by atoms with E-state index in [9.17, 15) is 4.79 Å². The summed E-state index contributed by atoms with van der Waals surface area (Å²) in [6, 6.07) is 3.56. The lowest BCUT2D eigenvalue weighted by atomic mass is 10.1. The Morgan fingerprint density at radius 3 is 2.81 bits per heavy atom. The fourth-order valence-corrected chi connectivity index (χ4v) is 1.74. The number of rotatable bonds is 1. The molecule has 0 spiro atoms. The van der Waals surface area contributed by atoms with E-state index in [-0.39, 0.29) is 0 Å². The first-order chi connectivity index (χ1) is 7.63. The third kappa shape index (κ3) is 1.72. The zero-order chi connectivity index (χ0) is 11.7. The Labute approximate surface area is 97.2 Å². The minimum Gasteiger partial charge on any atom is -0.465 e. The molecule has 0 saturated heterocycles. The SMILES string of the molecule is COC(=O)c1cc(C)cc2c(Cl)ncnc12. The minimum atomic E-state index is -0.427. The van der Waals surface area contributed by atoms with Gasteiger partial charge in [-0.3, -0.25) is 0 Å². The second kappa shape index (κ2) is 4.06. The Hall–Kier alpha value is -1.68. The molecule has 0 bridgehead atoms. The average Bonchev–Trinajstić information content (AvgIpc) is 2.28. The van der Waals surface area contributed by atoms with Crippen LogP contribution < -0.4 is 0 Å². The van der Waals surface area contributed by atoms with Crippen molar-refractivity contribution in [2.45, 2.75) is 6.92 Å². The summed E-state index contributed by atoms with van der Waals surface area (Å²) in [5.74, 6) is -0.427. The molecule has 0 atom stereocenters. The summed E-state index contributed by atoms with van der Waals surface area (Å²) in [4.78, 5) is 19.5. The van der Waals surface area contributed by atoms with Gasteiger partial charge in [-0.15, -0.1) is 0 Å². The number of halogens is 1. The first-order valence-corrected chi connectivity index (χ1v) is 5.00. The van der Waals surface area contributed by atoms with Crippen LogP contribution in [0, 0.1) is 6.92 Å². The van der Waals surface area contributed by atoms with Crippen molar-refractivity contribution in [3.63, 3.8) is 0 Å². The van der Waals surface area contributed by atoms with Crippen molar-refractivity contribution in [1.82, 2.24) is 9.97 Å². The number of esters is 1. The number of aromatic nitrogens is 2. The molecule has 0 aliphatic rings. The maximum atomic E-state index is 11.6. The molecule has 0 aliphatic carbocycles. The van der Waals surface area contributed by atoms with Crippen LogP contribution in [-0.4, -0.2) is 23.0 Å². The topological polar surface area (TPSA) is 52.1 Å². The van der Waals surface area contributed by atoms with Crippen LogP contribution >= 0.6 is 11.6 Å². The van der Waals surface area contributed by atoms with E-state index in [0.717, 1.165) is 5.56 Å². The van der Waals surface area contributed by atoms with Crippen LogP contribution in [0.1, 0.15) is 15.9 Å². The van der Waals surface area contributed by atoms with Crippen molar-refractivity contribution < 1.29 is 9.53 Å². The summed E-state index contributed by atoms with van der Waals surface area (Å²) in [5, 5.41) is 0.989. The van der Waals surface area contributed by atoms with Gasteiger partial charge in [0, 0.05) is 5.39 Å². The molecule has 0 N–H and O–H groups in total. The van der Waals surface area contributed by atoms with Gasteiger partial charge in [0.2, 0.25) is 0 Å². The zero-order valence-corrected chi connectivity index (χ0v) is 9.58. The van der Waals surface area contributed by atoms with E-state index in [0.29, 0.717) is 21.6 Å². The normalized spacial score (nSPS) is 10.4. The number of aryl methyl sites for hydroxylation is 1. The number of benzene rings is 1. The second-order valence-corrected chi connectivity index (χ2v) is 3.72.